The van der Waals surface area contributed by atoms with Gasteiger partial charge in [-0.25, -0.2) is 0 Å². The molecule has 112 valence electrons. The molecule has 2 nitrogen and oxygen atoms in total. The van der Waals surface area contributed by atoms with Crippen LogP contribution in [0.5, 0.6) is 0 Å². The molecule has 0 aliphatic rings. The fourth-order valence-corrected chi connectivity index (χ4v) is 3.01. The zero-order chi connectivity index (χ0) is 15.6. The maximum atomic E-state index is 6.25. The normalized spacial score (nSPS) is 13.4. The number of rotatable bonds is 2. The largest absolute Gasteiger partial charge is 0.264 e. The Hall–Kier alpha value is -1.08. The van der Waals surface area contributed by atoms with E-state index >= 15 is 0 Å². The van der Waals surface area contributed by atoms with Gasteiger partial charge in [0.25, 0.3) is 0 Å². The summed E-state index contributed by atoms with van der Waals surface area (Å²) in [5.41, 5.74) is 1.79. The molecule has 0 N–H and O–H groups in total. The van der Waals surface area contributed by atoms with E-state index in [2.05, 4.69) is 35.0 Å². The van der Waals surface area contributed by atoms with Gasteiger partial charge in [0.2, 0.25) is 0 Å². The first-order chi connectivity index (χ1) is 9.78. The summed E-state index contributed by atoms with van der Waals surface area (Å²) in [4.78, 5) is 0. The second-order valence-electron chi connectivity index (χ2n) is 5.58. The third-order valence-electron chi connectivity index (χ3n) is 2.92. The highest BCUT2D eigenvalue weighted by atomic mass is 35.5. The number of nitrogens with zero attached hydrogens (tertiary/aromatic N) is 2. The van der Waals surface area contributed by atoms with Crippen LogP contribution < -0.4 is 0 Å². The van der Waals surface area contributed by atoms with E-state index in [0.29, 0.717) is 10.0 Å². The lowest BCUT2D eigenvalue weighted by atomic mass is 10.1. The van der Waals surface area contributed by atoms with Crippen molar-refractivity contribution in [2.45, 2.75) is 13.0 Å². The van der Waals surface area contributed by atoms with Crippen LogP contribution in [0.15, 0.2) is 30.6 Å². The van der Waals surface area contributed by atoms with Gasteiger partial charge >= 0.3 is 0 Å². The topological polar surface area (TPSA) is 17.8 Å². The van der Waals surface area contributed by atoms with E-state index in [4.69, 9.17) is 23.2 Å². The maximum Gasteiger partial charge on any atom is 0.0769 e. The van der Waals surface area contributed by atoms with E-state index in [0.717, 1.165) is 11.1 Å². The molecule has 0 radical (unpaired) electrons. The highest BCUT2D eigenvalue weighted by Gasteiger charge is 2.16. The first-order valence-corrected chi connectivity index (χ1v) is 10.1. The molecule has 1 unspecified atom stereocenters. The van der Waals surface area contributed by atoms with Gasteiger partial charge in [0.05, 0.1) is 17.8 Å². The highest BCUT2D eigenvalue weighted by Crippen LogP contribution is 2.33. The van der Waals surface area contributed by atoms with Gasteiger partial charge in [-0.1, -0.05) is 35.2 Å². The van der Waals surface area contributed by atoms with Gasteiger partial charge in [-0.05, 0) is 43.1 Å². The predicted octanol–water partition coefficient (Wildman–Crippen LogP) is 4.80. The summed E-state index contributed by atoms with van der Waals surface area (Å²) in [6.45, 7) is 2.02. The first-order valence-electron chi connectivity index (χ1n) is 6.47. The summed E-state index contributed by atoms with van der Waals surface area (Å²) < 4.78 is 1.84. The summed E-state index contributed by atoms with van der Waals surface area (Å²) in [5, 5.41) is 8.96. The van der Waals surface area contributed by atoms with Crippen molar-refractivity contribution in [2.24, 2.45) is 0 Å². The summed E-state index contributed by atoms with van der Waals surface area (Å²) >= 11 is 12.5. The van der Waals surface area contributed by atoms with Gasteiger partial charge in [0.15, 0.2) is 0 Å². The number of hydrogen-bond acceptors (Lipinski definition) is 1. The fraction of sp³-hybridized carbons (Fsp3) is 0.312. The lowest BCUT2D eigenvalue weighted by Crippen LogP contribution is -2.08. The number of hydrogen-bond donors (Lipinski definition) is 0. The van der Waals surface area contributed by atoms with Crippen LogP contribution >= 0.6 is 33.2 Å². The summed E-state index contributed by atoms with van der Waals surface area (Å²) in [5.74, 6) is 3.18. The van der Waals surface area contributed by atoms with E-state index in [-0.39, 0.29) is 6.04 Å². The van der Waals surface area contributed by atoms with Gasteiger partial charge in [0.1, 0.15) is 0 Å². The van der Waals surface area contributed by atoms with E-state index < -0.39 is 10.0 Å². The average molecular weight is 341 g/mol. The van der Waals surface area contributed by atoms with Gasteiger partial charge in [0, 0.05) is 21.8 Å². The molecule has 1 heterocycles. The molecule has 0 bridgehead atoms. The Morgan fingerprint density at radius 3 is 2.38 bits per heavy atom. The van der Waals surface area contributed by atoms with Crippen LogP contribution in [0.4, 0.5) is 0 Å². The van der Waals surface area contributed by atoms with Gasteiger partial charge < -0.3 is 0 Å². The standard InChI is InChI=1S/C16H18Cl2N2S/c1-12(16-14(17)6-5-7-15(16)18)20-11-13(10-19-20)8-9-21(2,3)4/h5-7,10-12H,1-4H3. The van der Waals surface area contributed by atoms with Gasteiger partial charge in [-0.3, -0.25) is 4.68 Å². The van der Waals surface area contributed by atoms with Crippen molar-refractivity contribution >= 4 is 33.2 Å². The molecule has 0 saturated heterocycles. The SMILES string of the molecule is CC(c1c(Cl)cccc1Cl)n1cc(C#CS(C)(C)C)cn1. The molecule has 1 aromatic heterocycles. The summed E-state index contributed by atoms with van der Waals surface area (Å²) in [7, 11) is -0.839. The van der Waals surface area contributed by atoms with E-state index in [1.807, 2.05) is 36.0 Å². The quantitative estimate of drug-likeness (QED) is 0.717. The Kier molecular flexibility index (Phi) is 4.93. The van der Waals surface area contributed by atoms with Crippen LogP contribution in [0.2, 0.25) is 10.0 Å². The number of halogens is 2. The molecule has 1 aromatic carbocycles. The fourth-order valence-electron chi connectivity index (χ4n) is 1.87. The molecule has 2 aromatic rings. The Morgan fingerprint density at radius 1 is 1.19 bits per heavy atom. The van der Waals surface area contributed by atoms with Crippen molar-refractivity contribution in [3.05, 3.63) is 51.8 Å². The number of benzene rings is 1. The number of aromatic nitrogens is 2. The minimum absolute atomic E-state index is 0.0382. The molecule has 0 fully saturated rings. The second-order valence-corrected chi connectivity index (χ2v) is 10.3. The van der Waals surface area contributed by atoms with Gasteiger partial charge in [-0.15, -0.1) is 0 Å². The molecule has 1 atom stereocenters. The Morgan fingerprint density at radius 2 is 1.81 bits per heavy atom. The smallest absolute Gasteiger partial charge is 0.0769 e. The van der Waals surface area contributed by atoms with Crippen molar-refractivity contribution in [3.63, 3.8) is 0 Å². The maximum absolute atomic E-state index is 6.25. The monoisotopic (exact) mass is 340 g/mol. The molecule has 0 aliphatic heterocycles. The minimum Gasteiger partial charge on any atom is -0.264 e. The summed E-state index contributed by atoms with van der Waals surface area (Å²) in [6, 6.07) is 5.48. The van der Waals surface area contributed by atoms with Crippen LogP contribution in [0.1, 0.15) is 24.1 Å². The lowest BCUT2D eigenvalue weighted by molar-refractivity contribution is 0.565. The third kappa shape index (κ3) is 4.20. The molecule has 0 amide bonds. The van der Waals surface area contributed by atoms with Crippen LogP contribution in [-0.4, -0.2) is 28.5 Å². The van der Waals surface area contributed by atoms with Crippen molar-refractivity contribution in [1.29, 1.82) is 0 Å². The van der Waals surface area contributed by atoms with Crippen molar-refractivity contribution in [1.82, 2.24) is 9.78 Å². The van der Waals surface area contributed by atoms with Crippen molar-refractivity contribution in [3.8, 4) is 11.2 Å². The van der Waals surface area contributed by atoms with E-state index in [9.17, 15) is 0 Å². The summed E-state index contributed by atoms with van der Waals surface area (Å²) in [6.07, 6.45) is 10.2. The highest BCUT2D eigenvalue weighted by molar-refractivity contribution is 8.35. The Bertz CT molecular complexity index is 685. The molecular formula is C16H18Cl2N2S. The van der Waals surface area contributed by atoms with Crippen molar-refractivity contribution in [2.75, 3.05) is 18.8 Å². The molecule has 0 saturated carbocycles. The molecule has 0 aliphatic carbocycles. The molecule has 21 heavy (non-hydrogen) atoms. The van der Waals surface area contributed by atoms with Gasteiger partial charge in [-0.2, -0.15) is 15.1 Å². The zero-order valence-corrected chi connectivity index (χ0v) is 14.9. The molecule has 0 spiro atoms. The van der Waals surface area contributed by atoms with Crippen molar-refractivity contribution < 1.29 is 0 Å². The average Bonchev–Trinajstić information content (AvgIpc) is 2.84. The van der Waals surface area contributed by atoms with E-state index in [1.165, 1.54) is 0 Å². The molecule has 5 heteroatoms. The predicted molar refractivity (Wildman–Crippen MR) is 94.7 cm³/mol. The van der Waals surface area contributed by atoms with Crippen LogP contribution in [0.3, 0.4) is 0 Å². The van der Waals surface area contributed by atoms with E-state index in [1.54, 1.807) is 6.20 Å². The lowest BCUT2D eigenvalue weighted by Gasteiger charge is -2.15. The Balaban J connectivity index is 2.31. The minimum atomic E-state index is -0.839. The molecule has 2 rings (SSSR count). The first kappa shape index (κ1) is 16.3. The molecular weight excluding hydrogens is 323 g/mol. The Labute approximate surface area is 137 Å². The van der Waals surface area contributed by atoms with Crippen LogP contribution in [0.25, 0.3) is 0 Å². The van der Waals surface area contributed by atoms with Crippen LogP contribution in [0, 0.1) is 11.2 Å². The zero-order valence-electron chi connectivity index (χ0n) is 12.5. The third-order valence-corrected chi connectivity index (χ3v) is 4.29. The second kappa shape index (κ2) is 6.36. The van der Waals surface area contributed by atoms with Crippen LogP contribution in [-0.2, 0) is 0 Å².